The van der Waals surface area contributed by atoms with Crippen molar-refractivity contribution in [3.8, 4) is 0 Å². The van der Waals surface area contributed by atoms with Gasteiger partial charge in [0, 0.05) is 24.3 Å². The maximum Gasteiger partial charge on any atom is 0.223 e. The maximum atomic E-state index is 13.9. The Morgan fingerprint density at radius 1 is 1.33 bits per heavy atom. The Kier molecular flexibility index (Phi) is 11.0. The van der Waals surface area contributed by atoms with E-state index in [4.69, 9.17) is 5.73 Å². The van der Waals surface area contributed by atoms with Crippen molar-refractivity contribution in [2.24, 2.45) is 11.7 Å². The van der Waals surface area contributed by atoms with Crippen molar-refractivity contribution in [2.45, 2.75) is 64.3 Å². The van der Waals surface area contributed by atoms with Crippen LogP contribution in [0.2, 0.25) is 0 Å². The van der Waals surface area contributed by atoms with Crippen LogP contribution in [-0.4, -0.2) is 46.9 Å². The molecule has 1 aromatic carbocycles. The lowest BCUT2D eigenvalue weighted by atomic mass is 9.88. The summed E-state index contributed by atoms with van der Waals surface area (Å²) in [4.78, 5) is 12.5. The van der Waals surface area contributed by atoms with E-state index in [-0.39, 0.29) is 18.7 Å². The largest absolute Gasteiger partial charge is 0.391 e. The zero-order valence-corrected chi connectivity index (χ0v) is 17.6. The summed E-state index contributed by atoms with van der Waals surface area (Å²) < 4.78 is 13.9. The topological polar surface area (TPSA) is 75.3 Å². The molecular formula is C21H35FN2O2S. The molecule has 4 N–H and O–H groups in total. The lowest BCUT2D eigenvalue weighted by molar-refractivity contribution is -0.126. The highest BCUT2D eigenvalue weighted by atomic mass is 32.2. The minimum Gasteiger partial charge on any atom is -0.391 e. The highest BCUT2D eigenvalue weighted by Crippen LogP contribution is 2.24. The van der Waals surface area contributed by atoms with Gasteiger partial charge in [-0.25, -0.2) is 4.39 Å². The van der Waals surface area contributed by atoms with Crippen LogP contribution in [0.15, 0.2) is 30.3 Å². The van der Waals surface area contributed by atoms with E-state index in [2.05, 4.69) is 12.2 Å². The number of alkyl halides is 1. The Hall–Kier alpha value is -1.11. The first-order valence-corrected chi connectivity index (χ1v) is 10.9. The molecule has 0 radical (unpaired) electrons. The van der Waals surface area contributed by atoms with Gasteiger partial charge in [0.1, 0.15) is 5.67 Å². The van der Waals surface area contributed by atoms with Gasteiger partial charge in [0.25, 0.3) is 0 Å². The Morgan fingerprint density at radius 2 is 2.00 bits per heavy atom. The van der Waals surface area contributed by atoms with E-state index >= 15 is 0 Å². The highest BCUT2D eigenvalue weighted by molar-refractivity contribution is 7.99. The van der Waals surface area contributed by atoms with E-state index < -0.39 is 23.7 Å². The molecule has 0 saturated carbocycles. The van der Waals surface area contributed by atoms with Crippen LogP contribution in [0.3, 0.4) is 0 Å². The van der Waals surface area contributed by atoms with Gasteiger partial charge in [-0.2, -0.15) is 11.8 Å². The Bertz CT molecular complexity index is 537. The highest BCUT2D eigenvalue weighted by Gasteiger charge is 2.28. The van der Waals surface area contributed by atoms with E-state index in [0.29, 0.717) is 19.4 Å². The van der Waals surface area contributed by atoms with Crippen LogP contribution in [0.1, 0.15) is 45.6 Å². The smallest absolute Gasteiger partial charge is 0.223 e. The number of hydrogen-bond donors (Lipinski definition) is 3. The summed E-state index contributed by atoms with van der Waals surface area (Å²) >= 11 is 1.76. The zero-order chi connectivity index (χ0) is 20.3. The van der Waals surface area contributed by atoms with Crippen LogP contribution >= 0.6 is 11.8 Å². The molecule has 0 aliphatic carbocycles. The first-order valence-electron chi connectivity index (χ1n) is 9.75. The number of benzene rings is 1. The van der Waals surface area contributed by atoms with E-state index in [1.54, 1.807) is 11.8 Å². The summed E-state index contributed by atoms with van der Waals surface area (Å²) in [6, 6.07) is 9.27. The predicted molar refractivity (Wildman–Crippen MR) is 113 cm³/mol. The normalized spacial score (nSPS) is 15.2. The van der Waals surface area contributed by atoms with Gasteiger partial charge in [0.05, 0.1) is 6.10 Å². The van der Waals surface area contributed by atoms with Crippen LogP contribution in [0, 0.1) is 5.92 Å². The first kappa shape index (κ1) is 23.9. The lowest BCUT2D eigenvalue weighted by Crippen LogP contribution is -2.41. The SMILES string of the molecule is CCSCCNC(=O)C(CCC(C)(C)F)C[C@H](O)[C@@H](N)Cc1ccccc1. The van der Waals surface area contributed by atoms with E-state index in [1.165, 1.54) is 13.8 Å². The van der Waals surface area contributed by atoms with Crippen LogP contribution in [0.4, 0.5) is 4.39 Å². The van der Waals surface area contributed by atoms with Crippen molar-refractivity contribution >= 4 is 17.7 Å². The zero-order valence-electron chi connectivity index (χ0n) is 16.8. The molecule has 0 spiro atoms. The average Bonchev–Trinajstić information content (AvgIpc) is 2.61. The van der Waals surface area contributed by atoms with E-state index in [1.807, 2.05) is 30.3 Å². The molecule has 0 aliphatic rings. The summed E-state index contributed by atoms with van der Waals surface area (Å²) in [7, 11) is 0. The third-order valence-electron chi connectivity index (χ3n) is 4.54. The quantitative estimate of drug-likeness (QED) is 0.446. The second-order valence-electron chi connectivity index (χ2n) is 7.60. The van der Waals surface area contributed by atoms with E-state index in [0.717, 1.165) is 17.1 Å². The fourth-order valence-electron chi connectivity index (χ4n) is 2.90. The molecule has 1 unspecified atom stereocenters. The summed E-state index contributed by atoms with van der Waals surface area (Å²) in [5.41, 5.74) is 5.87. The molecule has 1 aromatic rings. The maximum absolute atomic E-state index is 13.9. The first-order chi connectivity index (χ1) is 12.7. The number of rotatable bonds is 13. The van der Waals surface area contributed by atoms with E-state index in [9.17, 15) is 14.3 Å². The Balaban J connectivity index is 2.62. The molecule has 1 amide bonds. The Morgan fingerprint density at radius 3 is 2.59 bits per heavy atom. The fraction of sp³-hybridized carbons (Fsp3) is 0.667. The van der Waals surface area contributed by atoms with Crippen LogP contribution < -0.4 is 11.1 Å². The number of carbonyl (C=O) groups excluding carboxylic acids is 1. The number of amides is 1. The Labute approximate surface area is 167 Å². The van der Waals surface area contributed by atoms with Crippen LogP contribution in [0.5, 0.6) is 0 Å². The number of halogens is 1. The molecule has 27 heavy (non-hydrogen) atoms. The molecule has 0 bridgehead atoms. The van der Waals surface area contributed by atoms with Crippen molar-refractivity contribution < 1.29 is 14.3 Å². The monoisotopic (exact) mass is 398 g/mol. The molecule has 1 rings (SSSR count). The van der Waals surface area contributed by atoms with Gasteiger partial charge in [0.15, 0.2) is 0 Å². The molecule has 0 aromatic heterocycles. The molecule has 0 fully saturated rings. The van der Waals surface area contributed by atoms with Gasteiger partial charge in [-0.1, -0.05) is 37.3 Å². The molecule has 0 aliphatic heterocycles. The molecule has 154 valence electrons. The second-order valence-corrected chi connectivity index (χ2v) is 8.99. The van der Waals surface area contributed by atoms with Crippen LogP contribution in [0.25, 0.3) is 0 Å². The molecule has 0 saturated heterocycles. The van der Waals surface area contributed by atoms with Gasteiger partial charge >= 0.3 is 0 Å². The minimum atomic E-state index is -1.34. The number of carbonyl (C=O) groups is 1. The predicted octanol–water partition coefficient (Wildman–Crippen LogP) is 3.32. The number of nitrogens with two attached hydrogens (primary N) is 1. The number of aliphatic hydroxyl groups excluding tert-OH is 1. The third kappa shape index (κ3) is 10.7. The van der Waals surface area contributed by atoms with Crippen molar-refractivity contribution in [2.75, 3.05) is 18.1 Å². The number of aliphatic hydroxyl groups is 1. The third-order valence-corrected chi connectivity index (χ3v) is 5.44. The summed E-state index contributed by atoms with van der Waals surface area (Å²) in [6.45, 7) is 5.68. The summed E-state index contributed by atoms with van der Waals surface area (Å²) in [5, 5.41) is 13.4. The van der Waals surface area contributed by atoms with Gasteiger partial charge in [-0.05, 0) is 50.8 Å². The number of hydrogen-bond acceptors (Lipinski definition) is 4. The molecule has 4 nitrogen and oxygen atoms in total. The van der Waals surface area contributed by atoms with Crippen molar-refractivity contribution in [3.63, 3.8) is 0 Å². The second kappa shape index (κ2) is 12.4. The van der Waals surface area contributed by atoms with Gasteiger partial charge < -0.3 is 16.2 Å². The van der Waals surface area contributed by atoms with Gasteiger partial charge in [0.2, 0.25) is 5.91 Å². The number of nitrogens with one attached hydrogen (secondary N) is 1. The number of thioether (sulfide) groups is 1. The molecule has 6 heteroatoms. The van der Waals surface area contributed by atoms with Crippen molar-refractivity contribution in [1.82, 2.24) is 5.32 Å². The van der Waals surface area contributed by atoms with Crippen molar-refractivity contribution in [1.29, 1.82) is 0 Å². The molecular weight excluding hydrogens is 363 g/mol. The van der Waals surface area contributed by atoms with Crippen LogP contribution in [-0.2, 0) is 11.2 Å². The van der Waals surface area contributed by atoms with Gasteiger partial charge in [-0.15, -0.1) is 0 Å². The van der Waals surface area contributed by atoms with Gasteiger partial charge in [-0.3, -0.25) is 4.79 Å². The lowest BCUT2D eigenvalue weighted by Gasteiger charge is -2.25. The minimum absolute atomic E-state index is 0.123. The summed E-state index contributed by atoms with van der Waals surface area (Å²) in [5.74, 6) is 1.28. The average molecular weight is 399 g/mol. The summed E-state index contributed by atoms with van der Waals surface area (Å²) in [6.07, 6.45) is 0.643. The molecule has 0 heterocycles. The van der Waals surface area contributed by atoms with Crippen molar-refractivity contribution in [3.05, 3.63) is 35.9 Å². The molecule has 3 atom stereocenters. The fourth-order valence-corrected chi connectivity index (χ4v) is 3.43. The standard InChI is InChI=1S/C21H35FN2O2S/c1-4-27-13-12-24-20(26)17(10-11-21(2,3)22)15-19(25)18(23)14-16-8-6-5-7-9-16/h5-9,17-19,25H,4,10-15,23H2,1-3H3,(H,24,26)/t17?,18-,19-/m0/s1.